The minimum Gasteiger partial charge on any atom is -0.438 e. The summed E-state index contributed by atoms with van der Waals surface area (Å²) in [5.41, 5.74) is 3.30. The highest BCUT2D eigenvalue weighted by Gasteiger charge is 2.47. The third-order valence-electron chi connectivity index (χ3n) is 5.60. The van der Waals surface area contributed by atoms with Crippen LogP contribution in [0.4, 0.5) is 10.5 Å². The number of nitrogens with one attached hydrogen (secondary N) is 2. The quantitative estimate of drug-likeness (QED) is 0.556. The topological polar surface area (TPSA) is 87.7 Å². The van der Waals surface area contributed by atoms with Gasteiger partial charge in [0.1, 0.15) is 0 Å². The van der Waals surface area contributed by atoms with Gasteiger partial charge in [0.2, 0.25) is 11.8 Å². The van der Waals surface area contributed by atoms with Crippen LogP contribution >= 0.6 is 0 Å². The van der Waals surface area contributed by atoms with E-state index in [1.54, 1.807) is 18.2 Å². The maximum Gasteiger partial charge on any atom is 0.411 e. The number of carbonyl (C=O) groups is 3. The molecule has 1 aliphatic rings. The molecule has 1 fully saturated rings. The van der Waals surface area contributed by atoms with Crippen LogP contribution in [0.2, 0.25) is 0 Å². The summed E-state index contributed by atoms with van der Waals surface area (Å²) in [5, 5.41) is 5.85. The van der Waals surface area contributed by atoms with Crippen molar-refractivity contribution < 1.29 is 19.1 Å². The number of nitrogens with zero attached hydrogens (tertiary/aromatic N) is 1. The largest absolute Gasteiger partial charge is 0.438 e. The molecule has 7 heteroatoms. The van der Waals surface area contributed by atoms with Gasteiger partial charge in [-0.15, -0.1) is 0 Å². The molecule has 34 heavy (non-hydrogen) atoms. The van der Waals surface area contributed by atoms with E-state index >= 15 is 0 Å². The number of rotatable bonds is 9. The molecule has 2 aromatic rings. The lowest BCUT2D eigenvalue weighted by molar-refractivity contribution is -0.126. The Morgan fingerprint density at radius 2 is 1.74 bits per heavy atom. The van der Waals surface area contributed by atoms with E-state index < -0.39 is 18.2 Å². The van der Waals surface area contributed by atoms with Gasteiger partial charge in [-0.2, -0.15) is 0 Å². The molecule has 3 amide bonds. The normalized spacial score (nSPS) is 17.7. The van der Waals surface area contributed by atoms with Gasteiger partial charge in [0.25, 0.3) is 0 Å². The van der Waals surface area contributed by atoms with Gasteiger partial charge < -0.3 is 15.4 Å². The summed E-state index contributed by atoms with van der Waals surface area (Å²) in [6.07, 6.45) is -0.913. The van der Waals surface area contributed by atoms with Crippen LogP contribution in [0.25, 0.3) is 0 Å². The van der Waals surface area contributed by atoms with E-state index in [1.807, 2.05) is 65.0 Å². The molecule has 0 spiro atoms. The summed E-state index contributed by atoms with van der Waals surface area (Å²) >= 11 is 0. The maximum absolute atomic E-state index is 13.3. The van der Waals surface area contributed by atoms with Gasteiger partial charge >= 0.3 is 6.09 Å². The summed E-state index contributed by atoms with van der Waals surface area (Å²) in [4.78, 5) is 39.9. The molecule has 2 N–H and O–H groups in total. The molecule has 3 rings (SSSR count). The molecule has 1 saturated heterocycles. The lowest BCUT2D eigenvalue weighted by Gasteiger charge is -2.25. The Hall–Kier alpha value is -3.35. The molecule has 1 aliphatic heterocycles. The van der Waals surface area contributed by atoms with Crippen LogP contribution < -0.4 is 10.6 Å². The van der Waals surface area contributed by atoms with E-state index in [1.165, 1.54) is 4.90 Å². The minimum atomic E-state index is -0.825. The van der Waals surface area contributed by atoms with Gasteiger partial charge in [-0.25, -0.2) is 4.79 Å². The zero-order chi connectivity index (χ0) is 24.8. The third-order valence-corrected chi connectivity index (χ3v) is 5.60. The number of carbonyl (C=O) groups excluding carboxylic acids is 3. The van der Waals surface area contributed by atoms with E-state index in [0.29, 0.717) is 24.2 Å². The summed E-state index contributed by atoms with van der Waals surface area (Å²) in [7, 11) is 0. The Balaban J connectivity index is 1.87. The Bertz CT molecular complexity index is 1020. The Kier molecular flexibility index (Phi) is 8.31. The Morgan fingerprint density at radius 3 is 2.38 bits per heavy atom. The second kappa shape index (κ2) is 11.2. The molecular formula is C27H35N3O4. The fraction of sp³-hybridized carbons (Fsp3) is 0.444. The molecule has 0 unspecified atom stereocenters. The zero-order valence-electron chi connectivity index (χ0n) is 20.6. The first-order chi connectivity index (χ1) is 16.1. The molecular weight excluding hydrogens is 430 g/mol. The van der Waals surface area contributed by atoms with Crippen LogP contribution in [0, 0.1) is 18.8 Å². The van der Waals surface area contributed by atoms with Crippen molar-refractivity contribution in [2.45, 2.75) is 59.7 Å². The number of hydrogen-bond acceptors (Lipinski definition) is 4. The van der Waals surface area contributed by atoms with Crippen LogP contribution in [0.1, 0.15) is 56.9 Å². The second-order valence-electron chi connectivity index (χ2n) is 9.77. The summed E-state index contributed by atoms with van der Waals surface area (Å²) in [6.45, 7) is 10.8. The van der Waals surface area contributed by atoms with Gasteiger partial charge in [-0.05, 0) is 42.0 Å². The molecule has 0 saturated carbocycles. The number of aryl methyl sites for hydroxylation is 1. The fourth-order valence-electron chi connectivity index (χ4n) is 3.89. The summed E-state index contributed by atoms with van der Waals surface area (Å²) in [5.74, 6) is 0.169. The van der Waals surface area contributed by atoms with E-state index in [2.05, 4.69) is 10.6 Å². The third kappa shape index (κ3) is 6.59. The first-order valence-electron chi connectivity index (χ1n) is 11.8. The highest BCUT2D eigenvalue weighted by Crippen LogP contribution is 2.35. The molecule has 1 heterocycles. The van der Waals surface area contributed by atoms with Crippen molar-refractivity contribution >= 4 is 23.6 Å². The Morgan fingerprint density at radius 1 is 1.03 bits per heavy atom. The minimum absolute atomic E-state index is 0.0807. The van der Waals surface area contributed by atoms with Crippen molar-refractivity contribution in [2.24, 2.45) is 11.8 Å². The number of ether oxygens (including phenoxy) is 1. The maximum atomic E-state index is 13.3. The van der Waals surface area contributed by atoms with Crippen LogP contribution in [0.15, 0.2) is 48.5 Å². The monoisotopic (exact) mass is 465 g/mol. The van der Waals surface area contributed by atoms with Gasteiger partial charge in [0.15, 0.2) is 12.1 Å². The predicted molar refractivity (Wildman–Crippen MR) is 132 cm³/mol. The van der Waals surface area contributed by atoms with Crippen LogP contribution in [-0.2, 0) is 20.9 Å². The van der Waals surface area contributed by atoms with Crippen molar-refractivity contribution in [1.82, 2.24) is 10.2 Å². The van der Waals surface area contributed by atoms with Crippen molar-refractivity contribution in [2.75, 3.05) is 11.9 Å². The molecule has 182 valence electrons. The first-order valence-corrected chi connectivity index (χ1v) is 11.8. The average molecular weight is 466 g/mol. The number of cyclic esters (lactones) is 1. The average Bonchev–Trinajstić information content (AvgIpc) is 3.09. The number of anilines is 1. The highest BCUT2D eigenvalue weighted by molar-refractivity contribution is 5.91. The molecule has 7 nitrogen and oxygen atoms in total. The van der Waals surface area contributed by atoms with Gasteiger partial charge in [-0.1, -0.05) is 69.7 Å². The highest BCUT2D eigenvalue weighted by atomic mass is 16.6. The molecule has 0 bridgehead atoms. The summed E-state index contributed by atoms with van der Waals surface area (Å²) < 4.78 is 5.73. The number of benzene rings is 2. The van der Waals surface area contributed by atoms with Gasteiger partial charge in [-0.3, -0.25) is 14.5 Å². The zero-order valence-corrected chi connectivity index (χ0v) is 20.6. The number of amides is 3. The predicted octanol–water partition coefficient (Wildman–Crippen LogP) is 4.81. The molecule has 0 radical (unpaired) electrons. The van der Waals surface area contributed by atoms with E-state index in [9.17, 15) is 14.4 Å². The molecule has 0 aliphatic carbocycles. The lowest BCUT2D eigenvalue weighted by Crippen LogP contribution is -2.47. The van der Waals surface area contributed by atoms with Crippen molar-refractivity contribution in [3.05, 3.63) is 65.2 Å². The smallest absolute Gasteiger partial charge is 0.411 e. The second-order valence-corrected chi connectivity index (χ2v) is 9.77. The van der Waals surface area contributed by atoms with Gasteiger partial charge in [0, 0.05) is 18.7 Å². The number of hydrogen-bond donors (Lipinski definition) is 2. The SMILES string of the molecule is Cc1ccc(CN2C(=O)O[C@@H](c3cccc(NC(=O)CC(C)C)c3)[C@@H]2C(=O)NCC(C)C)cc1. The molecule has 2 aromatic carbocycles. The van der Waals surface area contributed by atoms with E-state index in [-0.39, 0.29) is 30.2 Å². The first kappa shape index (κ1) is 25.3. The van der Waals surface area contributed by atoms with E-state index in [4.69, 9.17) is 4.74 Å². The summed E-state index contributed by atoms with van der Waals surface area (Å²) in [6, 6.07) is 14.2. The van der Waals surface area contributed by atoms with Crippen LogP contribution in [0.5, 0.6) is 0 Å². The molecule has 0 aromatic heterocycles. The Labute approximate surface area is 201 Å². The standard InChI is InChI=1S/C27H35N3O4/c1-17(2)13-23(31)29-22-8-6-7-21(14-22)25-24(26(32)28-15-18(3)4)30(27(33)34-25)16-20-11-9-19(5)10-12-20/h6-12,14,17-18,24-25H,13,15-16H2,1-5H3,(H,28,32)(H,29,31)/t24-,25+/m1/s1. The van der Waals surface area contributed by atoms with E-state index in [0.717, 1.165) is 11.1 Å². The van der Waals surface area contributed by atoms with Crippen molar-refractivity contribution in [3.63, 3.8) is 0 Å². The van der Waals surface area contributed by atoms with Gasteiger partial charge in [0.05, 0.1) is 6.54 Å². The lowest BCUT2D eigenvalue weighted by atomic mass is 9.99. The fourth-order valence-corrected chi connectivity index (χ4v) is 3.89. The van der Waals surface area contributed by atoms with Crippen molar-refractivity contribution in [1.29, 1.82) is 0 Å². The van der Waals surface area contributed by atoms with Crippen LogP contribution in [0.3, 0.4) is 0 Å². The van der Waals surface area contributed by atoms with Crippen molar-refractivity contribution in [3.8, 4) is 0 Å². The molecule has 2 atom stereocenters. The van der Waals surface area contributed by atoms with Crippen LogP contribution in [-0.4, -0.2) is 35.4 Å².